The molecule has 2 aromatic rings. The average molecular weight is 424 g/mol. The van der Waals surface area contributed by atoms with Crippen molar-refractivity contribution in [2.45, 2.75) is 32.6 Å². The fourth-order valence-corrected chi connectivity index (χ4v) is 4.52. The fourth-order valence-electron chi connectivity index (χ4n) is 2.76. The van der Waals surface area contributed by atoms with E-state index in [-0.39, 0.29) is 17.3 Å². The van der Waals surface area contributed by atoms with Crippen LogP contribution in [0.25, 0.3) is 0 Å². The molecular formula is C20H26ClN3O3S. The number of aryl methyl sites for hydroxylation is 2. The minimum Gasteiger partial charge on any atom is -0.376 e. The van der Waals surface area contributed by atoms with E-state index in [9.17, 15) is 13.2 Å². The molecule has 2 N–H and O–H groups in total. The van der Waals surface area contributed by atoms with E-state index in [1.54, 1.807) is 44.2 Å². The summed E-state index contributed by atoms with van der Waals surface area (Å²) in [6, 6.07) is 10.3. The van der Waals surface area contributed by atoms with Crippen LogP contribution in [0.3, 0.4) is 0 Å². The highest BCUT2D eigenvalue weighted by Crippen LogP contribution is 2.24. The lowest BCUT2D eigenvalue weighted by atomic mass is 10.2. The van der Waals surface area contributed by atoms with Crippen LogP contribution in [0.2, 0.25) is 5.02 Å². The molecule has 0 aliphatic heterocycles. The van der Waals surface area contributed by atoms with E-state index in [1.807, 2.05) is 19.9 Å². The zero-order valence-corrected chi connectivity index (χ0v) is 18.1. The number of benzene rings is 2. The summed E-state index contributed by atoms with van der Waals surface area (Å²) < 4.78 is 26.8. The molecular weight excluding hydrogens is 398 g/mol. The molecule has 2 aromatic carbocycles. The lowest BCUT2D eigenvalue weighted by Gasteiger charge is -2.19. The lowest BCUT2D eigenvalue weighted by molar-refractivity contribution is -0.114. The van der Waals surface area contributed by atoms with E-state index in [4.69, 9.17) is 11.6 Å². The number of sulfonamides is 1. The summed E-state index contributed by atoms with van der Waals surface area (Å²) in [6.07, 6.45) is 0. The van der Waals surface area contributed by atoms with E-state index in [2.05, 4.69) is 10.6 Å². The summed E-state index contributed by atoms with van der Waals surface area (Å²) in [4.78, 5) is 12.5. The second kappa shape index (κ2) is 9.41. The van der Waals surface area contributed by atoms with Gasteiger partial charge in [0, 0.05) is 18.8 Å². The fraction of sp³-hybridized carbons (Fsp3) is 0.350. The zero-order chi connectivity index (χ0) is 20.9. The molecule has 0 radical (unpaired) electrons. The maximum Gasteiger partial charge on any atom is 0.243 e. The number of nitrogens with one attached hydrogen (secondary N) is 2. The highest BCUT2D eigenvalue weighted by atomic mass is 35.5. The van der Waals surface area contributed by atoms with Gasteiger partial charge in [-0.25, -0.2) is 8.42 Å². The Morgan fingerprint density at radius 1 is 1.04 bits per heavy atom. The van der Waals surface area contributed by atoms with Crippen LogP contribution in [0, 0.1) is 13.8 Å². The molecule has 0 aliphatic carbocycles. The third kappa shape index (κ3) is 5.25. The second-order valence-corrected chi connectivity index (χ2v) is 8.80. The lowest BCUT2D eigenvalue weighted by Crippen LogP contribution is -2.30. The molecule has 1 amide bonds. The first-order chi connectivity index (χ1) is 13.2. The van der Waals surface area contributed by atoms with E-state index in [0.717, 1.165) is 11.1 Å². The predicted molar refractivity (Wildman–Crippen MR) is 115 cm³/mol. The topological polar surface area (TPSA) is 78.5 Å². The van der Waals surface area contributed by atoms with Gasteiger partial charge >= 0.3 is 0 Å². The number of halogens is 1. The quantitative estimate of drug-likeness (QED) is 0.671. The van der Waals surface area contributed by atoms with E-state index in [1.165, 1.54) is 4.31 Å². The van der Waals surface area contributed by atoms with Crippen LogP contribution in [0.15, 0.2) is 41.3 Å². The molecule has 0 unspecified atom stereocenters. The van der Waals surface area contributed by atoms with Crippen molar-refractivity contribution in [1.82, 2.24) is 4.31 Å². The van der Waals surface area contributed by atoms with Crippen LogP contribution < -0.4 is 10.6 Å². The maximum absolute atomic E-state index is 12.7. The number of carbonyl (C=O) groups is 1. The SMILES string of the molecule is CCN(CC)S(=O)(=O)c1ccc(C)c(NCC(=O)Nc2ccc(C)cc2Cl)c1. The van der Waals surface area contributed by atoms with Crippen molar-refractivity contribution in [3.8, 4) is 0 Å². The number of carbonyl (C=O) groups excluding carboxylic acids is 1. The Morgan fingerprint density at radius 2 is 1.71 bits per heavy atom. The van der Waals surface area contributed by atoms with Gasteiger partial charge in [0.15, 0.2) is 0 Å². The Bertz CT molecular complexity index is 957. The maximum atomic E-state index is 12.7. The first kappa shape index (κ1) is 22.2. The molecule has 0 saturated heterocycles. The summed E-state index contributed by atoms with van der Waals surface area (Å²) in [6.45, 7) is 8.15. The van der Waals surface area contributed by atoms with Crippen molar-refractivity contribution in [3.05, 3.63) is 52.5 Å². The Kier molecular flexibility index (Phi) is 7.46. The number of anilines is 2. The van der Waals surface area contributed by atoms with Crippen LogP contribution in [0.1, 0.15) is 25.0 Å². The molecule has 0 spiro atoms. The van der Waals surface area contributed by atoms with Crippen molar-refractivity contribution in [1.29, 1.82) is 0 Å². The first-order valence-electron chi connectivity index (χ1n) is 9.09. The summed E-state index contributed by atoms with van der Waals surface area (Å²) in [5, 5.41) is 6.23. The van der Waals surface area contributed by atoms with Crippen LogP contribution >= 0.6 is 11.6 Å². The third-order valence-electron chi connectivity index (χ3n) is 4.39. The predicted octanol–water partition coefficient (Wildman–Crippen LogP) is 4.04. The van der Waals surface area contributed by atoms with Crippen LogP contribution in [0.4, 0.5) is 11.4 Å². The van der Waals surface area contributed by atoms with Crippen molar-refractivity contribution in [2.75, 3.05) is 30.3 Å². The van der Waals surface area contributed by atoms with Gasteiger partial charge in [0.05, 0.1) is 22.2 Å². The average Bonchev–Trinajstić information content (AvgIpc) is 2.64. The largest absolute Gasteiger partial charge is 0.376 e. The molecule has 0 saturated carbocycles. The van der Waals surface area contributed by atoms with E-state index in [0.29, 0.717) is 29.5 Å². The Morgan fingerprint density at radius 3 is 2.32 bits per heavy atom. The molecule has 6 nitrogen and oxygen atoms in total. The zero-order valence-electron chi connectivity index (χ0n) is 16.5. The molecule has 0 bridgehead atoms. The normalized spacial score (nSPS) is 11.5. The van der Waals surface area contributed by atoms with Gasteiger partial charge in [-0.05, 0) is 49.2 Å². The third-order valence-corrected chi connectivity index (χ3v) is 6.75. The highest BCUT2D eigenvalue weighted by molar-refractivity contribution is 7.89. The van der Waals surface area contributed by atoms with Gasteiger partial charge in [0.2, 0.25) is 15.9 Å². The van der Waals surface area contributed by atoms with Gasteiger partial charge in [0.1, 0.15) is 0 Å². The minimum atomic E-state index is -3.56. The molecule has 0 heterocycles. The van der Waals surface area contributed by atoms with Crippen LogP contribution in [-0.2, 0) is 14.8 Å². The monoisotopic (exact) mass is 423 g/mol. The molecule has 0 aromatic heterocycles. The second-order valence-electron chi connectivity index (χ2n) is 6.45. The van der Waals surface area contributed by atoms with Crippen molar-refractivity contribution >= 4 is 38.9 Å². The van der Waals surface area contributed by atoms with Gasteiger partial charge in [-0.2, -0.15) is 4.31 Å². The molecule has 0 atom stereocenters. The van der Waals surface area contributed by atoms with Gasteiger partial charge in [-0.15, -0.1) is 0 Å². The van der Waals surface area contributed by atoms with Gasteiger partial charge in [-0.1, -0.05) is 37.6 Å². The Labute approximate surface area is 171 Å². The number of hydrogen-bond acceptors (Lipinski definition) is 4. The van der Waals surface area contributed by atoms with Gasteiger partial charge < -0.3 is 10.6 Å². The molecule has 0 fully saturated rings. The van der Waals surface area contributed by atoms with Crippen LogP contribution in [0.5, 0.6) is 0 Å². The summed E-state index contributed by atoms with van der Waals surface area (Å²) in [5.41, 5.74) is 2.98. The molecule has 2 rings (SSSR count). The molecule has 152 valence electrons. The first-order valence-corrected chi connectivity index (χ1v) is 10.9. The number of amides is 1. The highest BCUT2D eigenvalue weighted by Gasteiger charge is 2.22. The van der Waals surface area contributed by atoms with Crippen molar-refractivity contribution in [3.63, 3.8) is 0 Å². The van der Waals surface area contributed by atoms with E-state index >= 15 is 0 Å². The Hall–Kier alpha value is -2.09. The standard InChI is InChI=1S/C20H26ClN3O3S/c1-5-24(6-2)28(26,27)16-9-8-15(4)19(12-16)22-13-20(25)23-18-10-7-14(3)11-17(18)21/h7-12,22H,5-6,13H2,1-4H3,(H,23,25). The van der Waals surface area contributed by atoms with Crippen LogP contribution in [-0.4, -0.2) is 38.3 Å². The number of hydrogen-bond donors (Lipinski definition) is 2. The molecule has 0 aliphatic rings. The van der Waals surface area contributed by atoms with Crippen molar-refractivity contribution < 1.29 is 13.2 Å². The van der Waals surface area contributed by atoms with Gasteiger partial charge in [0.25, 0.3) is 0 Å². The Balaban J connectivity index is 2.12. The number of rotatable bonds is 8. The summed E-state index contributed by atoms with van der Waals surface area (Å²) in [5.74, 6) is -0.276. The van der Waals surface area contributed by atoms with Crippen molar-refractivity contribution in [2.24, 2.45) is 0 Å². The van der Waals surface area contributed by atoms with E-state index < -0.39 is 10.0 Å². The smallest absolute Gasteiger partial charge is 0.243 e. The number of nitrogens with zero attached hydrogens (tertiary/aromatic N) is 1. The summed E-state index contributed by atoms with van der Waals surface area (Å²) in [7, 11) is -3.56. The molecule has 28 heavy (non-hydrogen) atoms. The molecule has 8 heteroatoms. The minimum absolute atomic E-state index is 0.0141. The summed E-state index contributed by atoms with van der Waals surface area (Å²) >= 11 is 6.14. The van der Waals surface area contributed by atoms with Gasteiger partial charge in [-0.3, -0.25) is 4.79 Å².